The molecule has 1 atom stereocenters. The molecule has 0 aliphatic carbocycles. The van der Waals surface area contributed by atoms with Crippen molar-refractivity contribution in [3.8, 4) is 5.75 Å². The number of anilines is 3. The molecule has 0 saturated carbocycles. The summed E-state index contributed by atoms with van der Waals surface area (Å²) < 4.78 is 17.9. The quantitative estimate of drug-likeness (QED) is 0.776. The number of carbonyl (C=O) groups excluding carboxylic acids is 2. The average molecular weight is 358 g/mol. The van der Waals surface area contributed by atoms with Crippen LogP contribution in [-0.2, 0) is 4.79 Å². The van der Waals surface area contributed by atoms with E-state index in [2.05, 4.69) is 15.6 Å². The number of hydrogen-bond donors (Lipinski definition) is 2. The molecule has 3 amide bonds. The van der Waals surface area contributed by atoms with Gasteiger partial charge in [-0.3, -0.25) is 9.18 Å². The molecule has 8 heteroatoms. The maximum atomic E-state index is 12.7. The zero-order valence-electron chi connectivity index (χ0n) is 14.5. The second-order valence-electron chi connectivity index (χ2n) is 6.10. The standard InChI is InChI=1S/C18H19FN4O3/c1-18(8-9-19)16(24)23(17(25)22-18)15-7-6-13(11-20-15)21-12-4-3-5-14(10-12)26-2/h3-7,10-11,21H,8-9H2,1-2H3,(H,22,25)/t18-/m0/s1. The monoisotopic (exact) mass is 358 g/mol. The molecule has 7 nitrogen and oxygen atoms in total. The number of hydrogen-bond acceptors (Lipinski definition) is 5. The fraction of sp³-hybridized carbons (Fsp3) is 0.278. The Morgan fingerprint density at radius 1 is 1.27 bits per heavy atom. The number of amides is 3. The normalized spacial score (nSPS) is 19.4. The maximum Gasteiger partial charge on any atom is 0.330 e. The molecule has 2 aromatic rings. The summed E-state index contributed by atoms with van der Waals surface area (Å²) >= 11 is 0. The Balaban J connectivity index is 1.77. The topological polar surface area (TPSA) is 83.6 Å². The van der Waals surface area contributed by atoms with Crippen molar-refractivity contribution in [2.24, 2.45) is 0 Å². The van der Waals surface area contributed by atoms with Crippen molar-refractivity contribution in [2.75, 3.05) is 24.0 Å². The van der Waals surface area contributed by atoms with E-state index in [9.17, 15) is 14.0 Å². The predicted octanol–water partition coefficient (Wildman–Crippen LogP) is 3.01. The number of imide groups is 1. The Bertz CT molecular complexity index is 827. The second kappa shape index (κ2) is 6.99. The number of benzene rings is 1. The summed E-state index contributed by atoms with van der Waals surface area (Å²) in [4.78, 5) is 29.7. The van der Waals surface area contributed by atoms with Gasteiger partial charge in [0.05, 0.1) is 25.7 Å². The van der Waals surface area contributed by atoms with Crippen LogP contribution in [0.1, 0.15) is 13.3 Å². The SMILES string of the molecule is COc1cccc(Nc2ccc(N3C(=O)N[C@@](C)(CCF)C3=O)nc2)c1. The molecule has 0 spiro atoms. The summed E-state index contributed by atoms with van der Waals surface area (Å²) in [5, 5.41) is 5.68. The minimum absolute atomic E-state index is 0.0798. The van der Waals surface area contributed by atoms with Crippen molar-refractivity contribution < 1.29 is 18.7 Å². The van der Waals surface area contributed by atoms with Crippen LogP contribution >= 0.6 is 0 Å². The van der Waals surface area contributed by atoms with Gasteiger partial charge in [-0.2, -0.15) is 0 Å². The number of ether oxygens (including phenoxy) is 1. The van der Waals surface area contributed by atoms with Crippen LogP contribution in [0.5, 0.6) is 5.75 Å². The molecule has 1 saturated heterocycles. The first kappa shape index (κ1) is 17.7. The van der Waals surface area contributed by atoms with Crippen LogP contribution in [0.2, 0.25) is 0 Å². The largest absolute Gasteiger partial charge is 0.497 e. The highest BCUT2D eigenvalue weighted by Crippen LogP contribution is 2.27. The fourth-order valence-corrected chi connectivity index (χ4v) is 2.71. The van der Waals surface area contributed by atoms with Gasteiger partial charge in [-0.25, -0.2) is 14.7 Å². The van der Waals surface area contributed by atoms with E-state index in [0.29, 0.717) is 11.4 Å². The molecule has 3 rings (SSSR count). The van der Waals surface area contributed by atoms with Crippen LogP contribution in [0.3, 0.4) is 0 Å². The van der Waals surface area contributed by atoms with Crippen LogP contribution in [0.25, 0.3) is 0 Å². The Kier molecular flexibility index (Phi) is 4.75. The number of rotatable bonds is 6. The molecule has 1 aliphatic rings. The Morgan fingerprint density at radius 3 is 2.73 bits per heavy atom. The minimum Gasteiger partial charge on any atom is -0.497 e. The van der Waals surface area contributed by atoms with Gasteiger partial charge in [-0.1, -0.05) is 6.07 Å². The highest BCUT2D eigenvalue weighted by atomic mass is 19.1. The average Bonchev–Trinajstić information content (AvgIpc) is 2.85. The summed E-state index contributed by atoms with van der Waals surface area (Å²) in [5.74, 6) is 0.387. The molecule has 1 aromatic carbocycles. The van der Waals surface area contributed by atoms with Crippen LogP contribution in [0.4, 0.5) is 26.4 Å². The summed E-state index contributed by atoms with van der Waals surface area (Å²) in [6.45, 7) is 0.804. The third-order valence-corrected chi connectivity index (χ3v) is 4.19. The van der Waals surface area contributed by atoms with Gasteiger partial charge in [-0.05, 0) is 31.2 Å². The van der Waals surface area contributed by atoms with Gasteiger partial charge < -0.3 is 15.4 Å². The number of pyridine rings is 1. The first-order valence-electron chi connectivity index (χ1n) is 8.06. The third kappa shape index (κ3) is 3.30. The summed E-state index contributed by atoms with van der Waals surface area (Å²) in [6.07, 6.45) is 1.43. The van der Waals surface area contributed by atoms with Crippen LogP contribution < -0.4 is 20.3 Å². The molecule has 1 fully saturated rings. The smallest absolute Gasteiger partial charge is 0.330 e. The van der Waals surface area contributed by atoms with Gasteiger partial charge >= 0.3 is 6.03 Å². The van der Waals surface area contributed by atoms with Crippen LogP contribution in [-0.4, -0.2) is 36.2 Å². The van der Waals surface area contributed by atoms with E-state index < -0.39 is 24.2 Å². The second-order valence-corrected chi connectivity index (χ2v) is 6.10. The van der Waals surface area contributed by atoms with E-state index in [0.717, 1.165) is 10.6 Å². The lowest BCUT2D eigenvalue weighted by molar-refractivity contribution is -0.121. The Labute approximate surface area is 150 Å². The van der Waals surface area contributed by atoms with E-state index in [-0.39, 0.29) is 12.2 Å². The first-order chi connectivity index (χ1) is 12.5. The number of methoxy groups -OCH3 is 1. The van der Waals surface area contributed by atoms with Gasteiger partial charge in [-0.15, -0.1) is 0 Å². The molecule has 1 aromatic heterocycles. The number of nitrogens with zero attached hydrogens (tertiary/aromatic N) is 2. The molecule has 1 aliphatic heterocycles. The number of urea groups is 1. The van der Waals surface area contributed by atoms with Crippen LogP contribution in [0.15, 0.2) is 42.6 Å². The minimum atomic E-state index is -1.25. The van der Waals surface area contributed by atoms with E-state index in [1.54, 1.807) is 19.2 Å². The molecule has 0 radical (unpaired) electrons. The van der Waals surface area contributed by atoms with E-state index in [1.807, 2.05) is 24.3 Å². The van der Waals surface area contributed by atoms with E-state index in [4.69, 9.17) is 4.74 Å². The first-order valence-corrected chi connectivity index (χ1v) is 8.06. The molecule has 0 bridgehead atoms. The van der Waals surface area contributed by atoms with E-state index in [1.165, 1.54) is 13.1 Å². The summed E-state index contributed by atoms with van der Waals surface area (Å²) in [7, 11) is 1.59. The number of carbonyl (C=O) groups is 2. The molecule has 0 unspecified atom stereocenters. The van der Waals surface area contributed by atoms with Crippen molar-refractivity contribution in [2.45, 2.75) is 18.9 Å². The lowest BCUT2D eigenvalue weighted by Gasteiger charge is -2.19. The van der Waals surface area contributed by atoms with Crippen molar-refractivity contribution in [1.29, 1.82) is 0 Å². The van der Waals surface area contributed by atoms with Crippen molar-refractivity contribution in [1.82, 2.24) is 10.3 Å². The fourth-order valence-electron chi connectivity index (χ4n) is 2.71. The van der Waals surface area contributed by atoms with Crippen molar-refractivity contribution in [3.05, 3.63) is 42.6 Å². The molecule has 2 heterocycles. The number of alkyl halides is 1. The van der Waals surface area contributed by atoms with Gasteiger partial charge in [0.25, 0.3) is 5.91 Å². The lowest BCUT2D eigenvalue weighted by Crippen LogP contribution is -2.44. The van der Waals surface area contributed by atoms with E-state index >= 15 is 0 Å². The zero-order chi connectivity index (χ0) is 18.7. The molecular formula is C18H19FN4O3. The number of halogens is 1. The predicted molar refractivity (Wildman–Crippen MR) is 95.5 cm³/mol. The highest BCUT2D eigenvalue weighted by Gasteiger charge is 2.48. The Hall–Kier alpha value is -3.16. The molecule has 136 valence electrons. The van der Waals surface area contributed by atoms with Crippen molar-refractivity contribution >= 4 is 29.1 Å². The van der Waals surface area contributed by atoms with Crippen molar-refractivity contribution in [3.63, 3.8) is 0 Å². The molecule has 26 heavy (non-hydrogen) atoms. The summed E-state index contributed by atoms with van der Waals surface area (Å²) in [5.41, 5.74) is 0.246. The number of nitrogens with one attached hydrogen (secondary N) is 2. The molecule has 2 N–H and O–H groups in total. The van der Waals surface area contributed by atoms with Crippen LogP contribution in [0, 0.1) is 0 Å². The highest BCUT2D eigenvalue weighted by molar-refractivity contribution is 6.22. The third-order valence-electron chi connectivity index (χ3n) is 4.19. The zero-order valence-corrected chi connectivity index (χ0v) is 14.5. The number of aromatic nitrogens is 1. The van der Waals surface area contributed by atoms with Gasteiger partial charge in [0.15, 0.2) is 0 Å². The van der Waals surface area contributed by atoms with Gasteiger partial charge in [0, 0.05) is 18.2 Å². The lowest BCUT2D eigenvalue weighted by atomic mass is 9.99. The Morgan fingerprint density at radius 2 is 2.08 bits per heavy atom. The van der Waals surface area contributed by atoms with Gasteiger partial charge in [0.1, 0.15) is 17.1 Å². The summed E-state index contributed by atoms with van der Waals surface area (Å²) in [6, 6.07) is 10.0. The molecular weight excluding hydrogens is 339 g/mol. The maximum absolute atomic E-state index is 12.7. The van der Waals surface area contributed by atoms with Gasteiger partial charge in [0.2, 0.25) is 0 Å².